The number of aliphatic imine (C=N–C) groups is 1. The van der Waals surface area contributed by atoms with E-state index < -0.39 is 5.54 Å². The Morgan fingerprint density at radius 1 is 1.07 bits per heavy atom. The lowest BCUT2D eigenvalue weighted by Gasteiger charge is -2.33. The summed E-state index contributed by atoms with van der Waals surface area (Å²) in [4.78, 5) is 23.5. The molecule has 3 aromatic rings. The van der Waals surface area contributed by atoms with E-state index in [9.17, 15) is 4.79 Å². The molecule has 1 unspecified atom stereocenters. The third-order valence-electron chi connectivity index (χ3n) is 5.16. The van der Waals surface area contributed by atoms with E-state index in [0.29, 0.717) is 27.6 Å². The number of benzene rings is 2. The van der Waals surface area contributed by atoms with Crippen LogP contribution in [-0.4, -0.2) is 28.8 Å². The topological polar surface area (TPSA) is 80.8 Å². The van der Waals surface area contributed by atoms with Crippen molar-refractivity contribution in [2.24, 2.45) is 10.7 Å². The van der Waals surface area contributed by atoms with Gasteiger partial charge in [-0.15, -0.1) is 0 Å². The van der Waals surface area contributed by atoms with Crippen molar-refractivity contribution in [2.75, 3.05) is 7.05 Å². The van der Waals surface area contributed by atoms with Gasteiger partial charge in [0.1, 0.15) is 5.75 Å². The molecule has 6 nitrogen and oxygen atoms in total. The van der Waals surface area contributed by atoms with Gasteiger partial charge in [-0.25, -0.2) is 4.99 Å². The lowest BCUT2D eigenvalue weighted by molar-refractivity contribution is -0.129. The van der Waals surface area contributed by atoms with Crippen molar-refractivity contribution in [1.82, 2.24) is 9.88 Å². The molecular weight excluding hydrogens is 376 g/mol. The van der Waals surface area contributed by atoms with Crippen LogP contribution in [-0.2, 0) is 10.3 Å². The van der Waals surface area contributed by atoms with Gasteiger partial charge in [-0.2, -0.15) is 0 Å². The molecule has 0 bridgehead atoms. The normalized spacial score (nSPS) is 19.9. The van der Waals surface area contributed by atoms with Gasteiger partial charge < -0.3 is 10.5 Å². The Kier molecular flexibility index (Phi) is 3.48. The summed E-state index contributed by atoms with van der Waals surface area (Å²) in [6.07, 6.45) is 3.20. The summed E-state index contributed by atoms with van der Waals surface area (Å²) < 4.78 is 6.03. The van der Waals surface area contributed by atoms with Crippen LogP contribution in [0.25, 0.3) is 11.1 Å². The minimum Gasteiger partial charge on any atom is -0.455 e. The molecule has 2 aliphatic rings. The van der Waals surface area contributed by atoms with Crippen molar-refractivity contribution in [3.63, 3.8) is 0 Å². The molecule has 2 aliphatic heterocycles. The summed E-state index contributed by atoms with van der Waals surface area (Å²) in [5.74, 6) is 0.969. The molecule has 0 saturated heterocycles. The molecule has 1 aromatic heterocycles. The fourth-order valence-electron chi connectivity index (χ4n) is 3.77. The highest BCUT2D eigenvalue weighted by molar-refractivity contribution is 6.30. The molecule has 28 heavy (non-hydrogen) atoms. The van der Waals surface area contributed by atoms with Crippen LogP contribution in [0.2, 0.25) is 5.02 Å². The molecule has 1 amide bonds. The number of halogens is 1. The number of pyridine rings is 1. The number of rotatable bonds is 1. The summed E-state index contributed by atoms with van der Waals surface area (Å²) >= 11 is 6.16. The minimum absolute atomic E-state index is 0.161. The molecule has 0 saturated carbocycles. The zero-order valence-electron chi connectivity index (χ0n) is 14.9. The summed E-state index contributed by atoms with van der Waals surface area (Å²) in [5.41, 5.74) is 7.84. The zero-order chi connectivity index (χ0) is 19.5. The van der Waals surface area contributed by atoms with Crippen LogP contribution in [0, 0.1) is 0 Å². The van der Waals surface area contributed by atoms with Gasteiger partial charge in [-0.3, -0.25) is 14.7 Å². The second-order valence-electron chi connectivity index (χ2n) is 6.74. The van der Waals surface area contributed by atoms with Gasteiger partial charge in [-0.05, 0) is 41.5 Å². The maximum absolute atomic E-state index is 13.4. The fraction of sp³-hybridized carbons (Fsp3) is 0.0952. The number of carbonyl (C=O) groups excluding carboxylic acids is 1. The number of amides is 1. The van der Waals surface area contributed by atoms with Gasteiger partial charge in [0, 0.05) is 29.4 Å². The van der Waals surface area contributed by atoms with E-state index in [1.807, 2.05) is 42.5 Å². The van der Waals surface area contributed by atoms with Crippen molar-refractivity contribution in [1.29, 1.82) is 0 Å². The largest absolute Gasteiger partial charge is 0.455 e. The van der Waals surface area contributed by atoms with Gasteiger partial charge in [0.25, 0.3) is 5.91 Å². The van der Waals surface area contributed by atoms with E-state index in [0.717, 1.165) is 11.1 Å². The lowest BCUT2D eigenvalue weighted by Crippen LogP contribution is -2.42. The molecule has 1 atom stereocenters. The van der Waals surface area contributed by atoms with E-state index in [1.54, 1.807) is 25.5 Å². The van der Waals surface area contributed by atoms with Crippen molar-refractivity contribution >= 4 is 23.5 Å². The summed E-state index contributed by atoms with van der Waals surface area (Å²) in [6, 6.07) is 15.0. The Morgan fingerprint density at radius 2 is 1.89 bits per heavy atom. The summed E-state index contributed by atoms with van der Waals surface area (Å²) in [7, 11) is 1.62. The first-order chi connectivity index (χ1) is 13.5. The second-order valence-corrected chi connectivity index (χ2v) is 7.18. The first kappa shape index (κ1) is 16.8. The maximum Gasteiger partial charge on any atom is 0.266 e. The molecular formula is C21H15ClN4O2. The SMILES string of the molecule is CN1C(=O)C2(N=C1N)c1ccncc1Oc1ccc(-c3cccc(Cl)c3)cc12. The highest BCUT2D eigenvalue weighted by Gasteiger charge is 2.54. The quantitative estimate of drug-likeness (QED) is 0.689. The summed E-state index contributed by atoms with van der Waals surface area (Å²) in [5, 5.41) is 0.636. The van der Waals surface area contributed by atoms with Gasteiger partial charge in [-0.1, -0.05) is 29.8 Å². The van der Waals surface area contributed by atoms with Gasteiger partial charge in [0.2, 0.25) is 5.54 Å². The van der Waals surface area contributed by atoms with Crippen LogP contribution < -0.4 is 10.5 Å². The van der Waals surface area contributed by atoms with Crippen LogP contribution in [0.3, 0.4) is 0 Å². The number of guanidine groups is 1. The number of hydrogen-bond acceptors (Lipinski definition) is 5. The molecule has 2 aromatic carbocycles. The van der Waals surface area contributed by atoms with E-state index >= 15 is 0 Å². The minimum atomic E-state index is -1.29. The number of carbonyl (C=O) groups is 1. The summed E-state index contributed by atoms with van der Waals surface area (Å²) in [6.45, 7) is 0. The number of nitrogens with two attached hydrogens (primary N) is 1. The Hall–Kier alpha value is -3.38. The number of fused-ring (bicyclic) bond motifs is 4. The Balaban J connectivity index is 1.79. The molecule has 1 spiro atoms. The number of ether oxygens (including phenoxy) is 1. The first-order valence-corrected chi connectivity index (χ1v) is 9.05. The predicted octanol–water partition coefficient (Wildman–Crippen LogP) is 3.54. The number of nitrogens with zero attached hydrogens (tertiary/aromatic N) is 3. The number of aromatic nitrogens is 1. The Morgan fingerprint density at radius 3 is 2.64 bits per heavy atom. The van der Waals surface area contributed by atoms with Crippen molar-refractivity contribution in [3.8, 4) is 22.6 Å². The molecule has 0 fully saturated rings. The average molecular weight is 391 g/mol. The van der Waals surface area contributed by atoms with Crippen molar-refractivity contribution in [2.45, 2.75) is 5.54 Å². The lowest BCUT2D eigenvalue weighted by atomic mass is 9.79. The molecule has 0 aliphatic carbocycles. The van der Waals surface area contributed by atoms with Crippen molar-refractivity contribution in [3.05, 3.63) is 77.1 Å². The molecule has 2 N–H and O–H groups in total. The average Bonchev–Trinajstić information content (AvgIpc) is 2.93. The van der Waals surface area contributed by atoms with Crippen LogP contribution in [0.4, 0.5) is 0 Å². The standard InChI is InChI=1S/C21H15ClN4O2/c1-26-19(27)21(25-20(26)23)15-7-8-24-11-18(15)28-17-6-5-13(10-16(17)21)12-3-2-4-14(22)9-12/h2-11H,1H3,(H2,23,25). The molecule has 3 heterocycles. The van der Waals surface area contributed by atoms with E-state index in [4.69, 9.17) is 22.1 Å². The predicted molar refractivity (Wildman–Crippen MR) is 106 cm³/mol. The zero-order valence-corrected chi connectivity index (χ0v) is 15.6. The third kappa shape index (κ3) is 2.18. The Labute approximate surface area is 166 Å². The molecule has 7 heteroatoms. The van der Waals surface area contributed by atoms with Gasteiger partial charge >= 0.3 is 0 Å². The van der Waals surface area contributed by atoms with Crippen LogP contribution >= 0.6 is 11.6 Å². The molecule has 0 radical (unpaired) electrons. The number of likely N-dealkylation sites (N-methyl/N-ethyl adjacent to an activating group) is 1. The van der Waals surface area contributed by atoms with Crippen molar-refractivity contribution < 1.29 is 9.53 Å². The highest BCUT2D eigenvalue weighted by Crippen LogP contribution is 2.52. The third-order valence-corrected chi connectivity index (χ3v) is 5.40. The molecule has 5 rings (SSSR count). The Bertz CT molecular complexity index is 1180. The van der Waals surface area contributed by atoms with Gasteiger partial charge in [0.15, 0.2) is 11.7 Å². The molecule has 138 valence electrons. The first-order valence-electron chi connectivity index (χ1n) is 8.67. The van der Waals surface area contributed by atoms with Gasteiger partial charge in [0.05, 0.1) is 6.20 Å². The smallest absolute Gasteiger partial charge is 0.266 e. The highest BCUT2D eigenvalue weighted by atomic mass is 35.5. The van der Waals surface area contributed by atoms with E-state index in [-0.39, 0.29) is 11.9 Å². The maximum atomic E-state index is 13.4. The van der Waals surface area contributed by atoms with E-state index in [1.165, 1.54) is 4.90 Å². The van der Waals surface area contributed by atoms with Crippen LogP contribution in [0.1, 0.15) is 11.1 Å². The van der Waals surface area contributed by atoms with Crippen LogP contribution in [0.5, 0.6) is 11.5 Å². The number of hydrogen-bond donors (Lipinski definition) is 1. The van der Waals surface area contributed by atoms with Crippen LogP contribution in [0.15, 0.2) is 65.9 Å². The fourth-order valence-corrected chi connectivity index (χ4v) is 3.96. The van der Waals surface area contributed by atoms with E-state index in [2.05, 4.69) is 9.98 Å². The monoisotopic (exact) mass is 390 g/mol. The second kappa shape index (κ2) is 5.81.